The van der Waals surface area contributed by atoms with Crippen molar-refractivity contribution in [2.75, 3.05) is 33.0 Å². The average Bonchev–Trinajstić information content (AvgIpc) is 2.40. The highest BCUT2D eigenvalue weighted by molar-refractivity contribution is 5.46. The molecular formula is C13H21NO4. The number of hydrogen-bond acceptors (Lipinski definition) is 5. The highest BCUT2D eigenvalue weighted by atomic mass is 16.5. The zero-order chi connectivity index (χ0) is 13.2. The summed E-state index contributed by atoms with van der Waals surface area (Å²) in [5.74, 6) is 1.37. The van der Waals surface area contributed by atoms with Crippen molar-refractivity contribution in [3.05, 3.63) is 23.8 Å². The second-order valence-corrected chi connectivity index (χ2v) is 3.57. The van der Waals surface area contributed by atoms with Crippen molar-refractivity contribution in [3.8, 4) is 11.5 Å². The molecule has 18 heavy (non-hydrogen) atoms. The molecule has 5 nitrogen and oxygen atoms in total. The number of hydrogen-bond donors (Lipinski definition) is 2. The summed E-state index contributed by atoms with van der Waals surface area (Å²) in [6.07, 6.45) is 0. The van der Waals surface area contributed by atoms with Crippen molar-refractivity contribution in [3.63, 3.8) is 0 Å². The maximum atomic E-state index is 8.58. The van der Waals surface area contributed by atoms with Crippen LogP contribution in [0.1, 0.15) is 12.5 Å². The van der Waals surface area contributed by atoms with Gasteiger partial charge in [0, 0.05) is 12.1 Å². The SMILES string of the molecule is CCOc1cccc(CN)c1OCCOCCO. The first-order valence-electron chi connectivity index (χ1n) is 6.09. The van der Waals surface area contributed by atoms with E-state index in [1.54, 1.807) is 0 Å². The molecule has 0 saturated carbocycles. The third-order valence-corrected chi connectivity index (χ3v) is 2.29. The highest BCUT2D eigenvalue weighted by Gasteiger charge is 2.09. The van der Waals surface area contributed by atoms with Crippen LogP contribution >= 0.6 is 0 Å². The van der Waals surface area contributed by atoms with Crippen molar-refractivity contribution in [2.45, 2.75) is 13.5 Å². The number of rotatable bonds is 9. The molecule has 102 valence electrons. The van der Waals surface area contributed by atoms with Gasteiger partial charge in [-0.2, -0.15) is 0 Å². The van der Waals surface area contributed by atoms with Crippen LogP contribution in [0.5, 0.6) is 11.5 Å². The fourth-order valence-corrected chi connectivity index (χ4v) is 1.52. The van der Waals surface area contributed by atoms with E-state index in [1.807, 2.05) is 25.1 Å². The molecule has 1 rings (SSSR count). The summed E-state index contributed by atoms with van der Waals surface area (Å²) in [4.78, 5) is 0. The molecule has 5 heteroatoms. The Morgan fingerprint density at radius 3 is 2.67 bits per heavy atom. The van der Waals surface area contributed by atoms with Gasteiger partial charge in [0.25, 0.3) is 0 Å². The fourth-order valence-electron chi connectivity index (χ4n) is 1.52. The third-order valence-electron chi connectivity index (χ3n) is 2.29. The lowest BCUT2D eigenvalue weighted by atomic mass is 10.2. The van der Waals surface area contributed by atoms with Crippen LogP contribution in [-0.4, -0.2) is 38.1 Å². The van der Waals surface area contributed by atoms with Gasteiger partial charge in [0.2, 0.25) is 0 Å². The first kappa shape index (κ1) is 14.8. The molecule has 1 aromatic rings. The Labute approximate surface area is 107 Å². The molecule has 3 N–H and O–H groups in total. The first-order chi connectivity index (χ1) is 8.83. The van der Waals surface area contributed by atoms with Gasteiger partial charge in [0.15, 0.2) is 11.5 Å². The molecule has 0 atom stereocenters. The molecule has 0 bridgehead atoms. The maximum absolute atomic E-state index is 8.58. The van der Waals surface area contributed by atoms with Gasteiger partial charge < -0.3 is 25.1 Å². The summed E-state index contributed by atoms with van der Waals surface area (Å²) >= 11 is 0. The summed E-state index contributed by atoms with van der Waals surface area (Å²) in [5.41, 5.74) is 6.57. The third kappa shape index (κ3) is 4.52. The van der Waals surface area contributed by atoms with Gasteiger partial charge >= 0.3 is 0 Å². The monoisotopic (exact) mass is 255 g/mol. The number of aliphatic hydroxyl groups is 1. The molecule has 0 unspecified atom stereocenters. The van der Waals surface area contributed by atoms with Crippen molar-refractivity contribution < 1.29 is 19.3 Å². The summed E-state index contributed by atoms with van der Waals surface area (Å²) in [5, 5.41) is 8.58. The predicted octanol–water partition coefficient (Wildman–Crippen LogP) is 0.932. The molecule has 0 aliphatic rings. The fraction of sp³-hybridized carbons (Fsp3) is 0.538. The van der Waals surface area contributed by atoms with Crippen molar-refractivity contribution in [2.24, 2.45) is 5.73 Å². The lowest BCUT2D eigenvalue weighted by Gasteiger charge is -2.15. The minimum Gasteiger partial charge on any atom is -0.490 e. The molecule has 0 aromatic heterocycles. The van der Waals surface area contributed by atoms with Crippen LogP contribution in [0.2, 0.25) is 0 Å². The van der Waals surface area contributed by atoms with Gasteiger partial charge in [-0.15, -0.1) is 0 Å². The molecule has 0 heterocycles. The molecule has 0 radical (unpaired) electrons. The van der Waals surface area contributed by atoms with E-state index >= 15 is 0 Å². The standard InChI is InChI=1S/C13H21NO4/c1-2-17-12-5-3-4-11(10-14)13(12)18-9-8-16-7-6-15/h3-5,15H,2,6-10,14H2,1H3. The second kappa shape index (κ2) is 8.74. The van der Waals surface area contributed by atoms with E-state index in [1.165, 1.54) is 0 Å². The van der Waals surface area contributed by atoms with Crippen LogP contribution in [0.25, 0.3) is 0 Å². The van der Waals surface area contributed by atoms with Gasteiger partial charge in [-0.05, 0) is 13.0 Å². The zero-order valence-electron chi connectivity index (χ0n) is 10.7. The Kier molecular flexibility index (Phi) is 7.17. The quantitative estimate of drug-likeness (QED) is 0.642. The molecule has 0 fully saturated rings. The minimum absolute atomic E-state index is 0.0174. The number of para-hydroxylation sites is 1. The normalized spacial score (nSPS) is 10.4. The summed E-state index contributed by atoms with van der Waals surface area (Å²) < 4.78 is 16.3. The van der Waals surface area contributed by atoms with Crippen LogP contribution in [-0.2, 0) is 11.3 Å². The van der Waals surface area contributed by atoms with Gasteiger partial charge in [-0.3, -0.25) is 0 Å². The molecule has 0 saturated heterocycles. The lowest BCUT2D eigenvalue weighted by Crippen LogP contribution is -2.11. The van der Waals surface area contributed by atoms with E-state index in [4.69, 9.17) is 25.1 Å². The van der Waals surface area contributed by atoms with Crippen LogP contribution in [0, 0.1) is 0 Å². The summed E-state index contributed by atoms with van der Waals surface area (Å²) in [6.45, 7) is 4.05. The topological polar surface area (TPSA) is 73.9 Å². The van der Waals surface area contributed by atoms with Crippen molar-refractivity contribution >= 4 is 0 Å². The summed E-state index contributed by atoms with van der Waals surface area (Å²) in [6, 6.07) is 5.65. The molecule has 0 aliphatic carbocycles. The lowest BCUT2D eigenvalue weighted by molar-refractivity contribution is 0.0695. The van der Waals surface area contributed by atoms with Gasteiger partial charge in [0.05, 0.1) is 26.4 Å². The Hall–Kier alpha value is -1.30. The first-order valence-corrected chi connectivity index (χ1v) is 6.09. The van der Waals surface area contributed by atoms with Crippen LogP contribution in [0.3, 0.4) is 0 Å². The van der Waals surface area contributed by atoms with Crippen molar-refractivity contribution in [1.82, 2.24) is 0 Å². The maximum Gasteiger partial charge on any atom is 0.165 e. The Balaban J connectivity index is 2.60. The number of benzene rings is 1. The van der Waals surface area contributed by atoms with Crippen LogP contribution in [0.15, 0.2) is 18.2 Å². The van der Waals surface area contributed by atoms with Gasteiger partial charge in [-0.25, -0.2) is 0 Å². The van der Waals surface area contributed by atoms with E-state index in [9.17, 15) is 0 Å². The number of ether oxygens (including phenoxy) is 3. The van der Waals surface area contributed by atoms with E-state index < -0.39 is 0 Å². The van der Waals surface area contributed by atoms with Gasteiger partial charge in [0.1, 0.15) is 6.61 Å². The van der Waals surface area contributed by atoms with E-state index in [-0.39, 0.29) is 6.61 Å². The second-order valence-electron chi connectivity index (χ2n) is 3.57. The van der Waals surface area contributed by atoms with E-state index in [0.29, 0.717) is 44.5 Å². The smallest absolute Gasteiger partial charge is 0.165 e. The molecule has 0 aliphatic heterocycles. The number of nitrogens with two attached hydrogens (primary N) is 1. The molecular weight excluding hydrogens is 234 g/mol. The molecule has 0 amide bonds. The average molecular weight is 255 g/mol. The van der Waals surface area contributed by atoms with Crippen LogP contribution in [0.4, 0.5) is 0 Å². The zero-order valence-corrected chi connectivity index (χ0v) is 10.7. The molecule has 1 aromatic carbocycles. The van der Waals surface area contributed by atoms with Gasteiger partial charge in [-0.1, -0.05) is 12.1 Å². The number of aliphatic hydroxyl groups excluding tert-OH is 1. The Morgan fingerprint density at radius 2 is 2.00 bits per heavy atom. The predicted molar refractivity (Wildman–Crippen MR) is 68.9 cm³/mol. The largest absolute Gasteiger partial charge is 0.490 e. The van der Waals surface area contributed by atoms with Crippen LogP contribution < -0.4 is 15.2 Å². The van der Waals surface area contributed by atoms with Crippen molar-refractivity contribution in [1.29, 1.82) is 0 Å². The molecule has 0 spiro atoms. The highest BCUT2D eigenvalue weighted by Crippen LogP contribution is 2.31. The Morgan fingerprint density at radius 1 is 1.17 bits per heavy atom. The van der Waals surface area contributed by atoms with E-state index in [2.05, 4.69) is 0 Å². The minimum atomic E-state index is 0.0174. The Bertz CT molecular complexity index is 344. The van der Waals surface area contributed by atoms with E-state index in [0.717, 1.165) is 5.56 Å². The summed E-state index contributed by atoms with van der Waals surface area (Å²) in [7, 11) is 0.